The van der Waals surface area contributed by atoms with Crippen LogP contribution in [0.25, 0.3) is 0 Å². The summed E-state index contributed by atoms with van der Waals surface area (Å²) in [4.78, 5) is 35.3. The molecule has 3 rings (SSSR count). The van der Waals surface area contributed by atoms with Crippen molar-refractivity contribution >= 4 is 11.8 Å². The topological polar surface area (TPSA) is 93.3 Å². The number of aromatic nitrogens is 1. The van der Waals surface area contributed by atoms with Gasteiger partial charge in [-0.1, -0.05) is 30.3 Å². The number of carbonyl (C=O) groups excluding carboxylic acids is 2. The number of amides is 2. The number of furan rings is 1. The van der Waals surface area contributed by atoms with Crippen LogP contribution in [-0.4, -0.2) is 22.9 Å². The standard InChI is InChI=1S/C20H19N3O4/c24-18(12-22-20(26)17-8-10-27-14-17)21-11-15-4-6-16(7-5-15)13-23-9-2-1-3-19(23)25/h1-10,14H,11-13H2,(H,21,24)(H,22,26). The molecule has 2 N–H and O–H groups in total. The van der Waals surface area contributed by atoms with Crippen molar-refractivity contribution in [3.05, 3.63) is 94.3 Å². The van der Waals surface area contributed by atoms with Crippen molar-refractivity contribution in [3.63, 3.8) is 0 Å². The zero-order valence-electron chi connectivity index (χ0n) is 14.6. The van der Waals surface area contributed by atoms with Gasteiger partial charge in [0.05, 0.1) is 24.9 Å². The molecule has 0 saturated carbocycles. The summed E-state index contributed by atoms with van der Waals surface area (Å²) in [6.07, 6.45) is 4.46. The molecule has 0 aliphatic heterocycles. The Kier molecular flexibility index (Phi) is 5.84. The lowest BCUT2D eigenvalue weighted by molar-refractivity contribution is -0.120. The Labute approximate surface area is 155 Å². The summed E-state index contributed by atoms with van der Waals surface area (Å²) < 4.78 is 6.45. The van der Waals surface area contributed by atoms with E-state index in [1.165, 1.54) is 24.7 Å². The number of benzene rings is 1. The van der Waals surface area contributed by atoms with Crippen LogP contribution in [0.1, 0.15) is 21.5 Å². The zero-order valence-corrected chi connectivity index (χ0v) is 14.6. The monoisotopic (exact) mass is 365 g/mol. The van der Waals surface area contributed by atoms with Crippen LogP contribution in [0.2, 0.25) is 0 Å². The first-order chi connectivity index (χ1) is 13.1. The third-order valence-electron chi connectivity index (χ3n) is 3.96. The highest BCUT2D eigenvalue weighted by molar-refractivity contribution is 5.96. The highest BCUT2D eigenvalue weighted by atomic mass is 16.3. The zero-order chi connectivity index (χ0) is 19.1. The van der Waals surface area contributed by atoms with Crippen molar-refractivity contribution in [2.75, 3.05) is 6.54 Å². The summed E-state index contributed by atoms with van der Waals surface area (Å²) in [6.45, 7) is 0.733. The number of hydrogen-bond donors (Lipinski definition) is 2. The molecule has 0 aliphatic rings. The first-order valence-electron chi connectivity index (χ1n) is 8.42. The molecule has 0 unspecified atom stereocenters. The van der Waals surface area contributed by atoms with Crippen LogP contribution < -0.4 is 16.2 Å². The number of rotatable bonds is 7. The third-order valence-corrected chi connectivity index (χ3v) is 3.96. The lowest BCUT2D eigenvalue weighted by Gasteiger charge is -2.08. The molecule has 27 heavy (non-hydrogen) atoms. The molecular weight excluding hydrogens is 346 g/mol. The molecule has 1 aromatic carbocycles. The second-order valence-corrected chi connectivity index (χ2v) is 5.95. The van der Waals surface area contributed by atoms with E-state index < -0.39 is 0 Å². The fraction of sp³-hybridized carbons (Fsp3) is 0.150. The van der Waals surface area contributed by atoms with E-state index in [2.05, 4.69) is 10.6 Å². The van der Waals surface area contributed by atoms with Crippen LogP contribution in [-0.2, 0) is 17.9 Å². The highest BCUT2D eigenvalue weighted by Crippen LogP contribution is 2.05. The molecule has 0 bridgehead atoms. The molecule has 0 radical (unpaired) electrons. The molecule has 0 saturated heterocycles. The van der Waals surface area contributed by atoms with Gasteiger partial charge in [-0.15, -0.1) is 0 Å². The van der Waals surface area contributed by atoms with E-state index in [1.807, 2.05) is 30.3 Å². The lowest BCUT2D eigenvalue weighted by Crippen LogP contribution is -2.36. The Morgan fingerprint density at radius 1 is 0.963 bits per heavy atom. The van der Waals surface area contributed by atoms with Crippen LogP contribution in [0.5, 0.6) is 0 Å². The predicted molar refractivity (Wildman–Crippen MR) is 99.1 cm³/mol. The van der Waals surface area contributed by atoms with Crippen molar-refractivity contribution in [2.24, 2.45) is 0 Å². The van der Waals surface area contributed by atoms with Crippen molar-refractivity contribution < 1.29 is 14.0 Å². The Morgan fingerprint density at radius 3 is 2.44 bits per heavy atom. The van der Waals surface area contributed by atoms with Crippen LogP contribution in [0.3, 0.4) is 0 Å². The van der Waals surface area contributed by atoms with Gasteiger partial charge in [-0.05, 0) is 23.3 Å². The number of nitrogens with zero attached hydrogens (tertiary/aromatic N) is 1. The Morgan fingerprint density at radius 2 is 1.74 bits per heavy atom. The van der Waals surface area contributed by atoms with Crippen LogP contribution in [0.4, 0.5) is 0 Å². The van der Waals surface area contributed by atoms with E-state index in [4.69, 9.17) is 4.42 Å². The minimum Gasteiger partial charge on any atom is -0.472 e. The molecule has 0 spiro atoms. The molecular formula is C20H19N3O4. The average molecular weight is 365 g/mol. The quantitative estimate of drug-likeness (QED) is 0.664. The van der Waals surface area contributed by atoms with Gasteiger partial charge < -0.3 is 19.6 Å². The van der Waals surface area contributed by atoms with E-state index in [1.54, 1.807) is 16.8 Å². The van der Waals surface area contributed by atoms with E-state index >= 15 is 0 Å². The minimum atomic E-state index is -0.362. The molecule has 2 aromatic heterocycles. The molecule has 7 heteroatoms. The summed E-state index contributed by atoms with van der Waals surface area (Å²) >= 11 is 0. The number of carbonyl (C=O) groups is 2. The van der Waals surface area contributed by atoms with Gasteiger partial charge in [0.1, 0.15) is 6.26 Å². The molecule has 2 heterocycles. The molecule has 0 aliphatic carbocycles. The number of nitrogens with one attached hydrogen (secondary N) is 2. The summed E-state index contributed by atoms with van der Waals surface area (Å²) in [5.41, 5.74) is 2.24. The second kappa shape index (κ2) is 8.66. The Hall–Kier alpha value is -3.61. The maximum absolute atomic E-state index is 11.8. The SMILES string of the molecule is O=C(CNC(=O)c1ccoc1)NCc1ccc(Cn2ccccc2=O)cc1. The van der Waals surface area contributed by atoms with Crippen molar-refractivity contribution in [3.8, 4) is 0 Å². The van der Waals surface area contributed by atoms with Crippen molar-refractivity contribution in [1.29, 1.82) is 0 Å². The van der Waals surface area contributed by atoms with Crippen LogP contribution in [0.15, 0.2) is 76.5 Å². The van der Waals surface area contributed by atoms with Gasteiger partial charge in [-0.2, -0.15) is 0 Å². The van der Waals surface area contributed by atoms with Gasteiger partial charge in [0.25, 0.3) is 11.5 Å². The van der Waals surface area contributed by atoms with Crippen molar-refractivity contribution in [1.82, 2.24) is 15.2 Å². The largest absolute Gasteiger partial charge is 0.472 e. The van der Waals surface area contributed by atoms with Crippen molar-refractivity contribution in [2.45, 2.75) is 13.1 Å². The van der Waals surface area contributed by atoms with Gasteiger partial charge >= 0.3 is 0 Å². The summed E-state index contributed by atoms with van der Waals surface area (Å²) in [5, 5.41) is 5.27. The maximum atomic E-state index is 11.8. The molecule has 138 valence electrons. The summed E-state index contributed by atoms with van der Waals surface area (Å²) in [5.74, 6) is -0.647. The highest BCUT2D eigenvalue weighted by Gasteiger charge is 2.08. The Bertz CT molecular complexity index is 959. The van der Waals surface area contributed by atoms with E-state index in [-0.39, 0.29) is 23.9 Å². The maximum Gasteiger partial charge on any atom is 0.254 e. The van der Waals surface area contributed by atoms with E-state index in [9.17, 15) is 14.4 Å². The smallest absolute Gasteiger partial charge is 0.254 e. The molecule has 2 amide bonds. The van der Waals surface area contributed by atoms with Gasteiger partial charge in [0, 0.05) is 18.8 Å². The number of pyridine rings is 1. The first-order valence-corrected chi connectivity index (χ1v) is 8.42. The average Bonchev–Trinajstić information content (AvgIpc) is 3.22. The Balaban J connectivity index is 1.45. The molecule has 0 fully saturated rings. The molecule has 3 aromatic rings. The predicted octanol–water partition coefficient (Wildman–Crippen LogP) is 1.54. The summed E-state index contributed by atoms with van der Waals surface area (Å²) in [7, 11) is 0. The van der Waals surface area contributed by atoms with Gasteiger partial charge in [-0.3, -0.25) is 14.4 Å². The van der Waals surface area contributed by atoms with E-state index in [0.717, 1.165) is 11.1 Å². The van der Waals surface area contributed by atoms with Crippen LogP contribution >= 0.6 is 0 Å². The lowest BCUT2D eigenvalue weighted by atomic mass is 10.1. The van der Waals surface area contributed by atoms with Gasteiger partial charge in [-0.25, -0.2) is 0 Å². The minimum absolute atomic E-state index is 0.0497. The van der Waals surface area contributed by atoms with Crippen LogP contribution in [0, 0.1) is 0 Å². The fourth-order valence-electron chi connectivity index (χ4n) is 2.47. The van der Waals surface area contributed by atoms with Gasteiger partial charge in [0.2, 0.25) is 5.91 Å². The molecule has 7 nitrogen and oxygen atoms in total. The first kappa shape index (κ1) is 18.2. The number of hydrogen-bond acceptors (Lipinski definition) is 4. The van der Waals surface area contributed by atoms with Gasteiger partial charge in [0.15, 0.2) is 0 Å². The third kappa shape index (κ3) is 5.18. The van der Waals surface area contributed by atoms with E-state index in [0.29, 0.717) is 18.7 Å². The second-order valence-electron chi connectivity index (χ2n) is 5.95. The normalized spacial score (nSPS) is 10.4. The fourth-order valence-corrected chi connectivity index (χ4v) is 2.47. The summed E-state index contributed by atoms with van der Waals surface area (Å²) in [6, 6.07) is 14.2. The molecule has 0 atom stereocenters.